The Bertz CT molecular complexity index is 621. The summed E-state index contributed by atoms with van der Waals surface area (Å²) in [4.78, 5) is 24.2. The Morgan fingerprint density at radius 2 is 1.71 bits per heavy atom. The van der Waals surface area contributed by atoms with E-state index in [4.69, 9.17) is 0 Å². The second-order valence-electron chi connectivity index (χ2n) is 3.80. The van der Waals surface area contributed by atoms with E-state index in [-0.39, 0.29) is 22.7 Å². The van der Waals surface area contributed by atoms with Crippen molar-refractivity contribution in [1.82, 2.24) is 4.90 Å². The molecule has 0 aromatic heterocycles. The van der Waals surface area contributed by atoms with E-state index in [0.717, 1.165) is 11.2 Å². The van der Waals surface area contributed by atoms with E-state index in [2.05, 4.69) is 4.72 Å². The molecule has 7 heteroatoms. The van der Waals surface area contributed by atoms with Gasteiger partial charge in [-0.15, -0.1) is 0 Å². The second kappa shape index (κ2) is 3.56. The first kappa shape index (κ1) is 11.6. The number of nitrogens with one attached hydrogen (secondary N) is 1. The molecule has 1 N–H and O–H groups in total. The minimum Gasteiger partial charge on any atom is -0.284 e. The lowest BCUT2D eigenvalue weighted by Crippen LogP contribution is -2.24. The summed E-state index contributed by atoms with van der Waals surface area (Å²) in [5.74, 6) is -0.807. The zero-order chi connectivity index (χ0) is 12.8. The Hall–Kier alpha value is -1.89. The maximum absolute atomic E-state index is 11.7. The van der Waals surface area contributed by atoms with Crippen molar-refractivity contribution in [2.75, 3.05) is 18.0 Å². The molecule has 2 amide bonds. The minimum atomic E-state index is -3.40. The highest BCUT2D eigenvalue weighted by molar-refractivity contribution is 7.92. The van der Waals surface area contributed by atoms with Crippen LogP contribution in [0.15, 0.2) is 18.2 Å². The molecule has 0 spiro atoms. The molecule has 0 unspecified atom stereocenters. The molecule has 0 saturated heterocycles. The molecule has 1 aromatic carbocycles. The summed E-state index contributed by atoms with van der Waals surface area (Å²) in [6.07, 6.45) is 1.01. The third-order valence-electron chi connectivity index (χ3n) is 2.39. The number of sulfonamides is 1. The summed E-state index contributed by atoms with van der Waals surface area (Å²) in [5.41, 5.74) is 0.769. The monoisotopic (exact) mass is 254 g/mol. The normalized spacial score (nSPS) is 15.1. The van der Waals surface area contributed by atoms with Gasteiger partial charge in [0.05, 0.1) is 17.4 Å². The molecule has 17 heavy (non-hydrogen) atoms. The number of anilines is 1. The molecule has 1 aliphatic rings. The average Bonchev–Trinajstić information content (AvgIpc) is 2.42. The molecule has 0 atom stereocenters. The summed E-state index contributed by atoms with van der Waals surface area (Å²) in [6, 6.07) is 4.25. The number of hydrogen-bond donors (Lipinski definition) is 1. The number of imide groups is 1. The van der Waals surface area contributed by atoms with Gasteiger partial charge in [0.1, 0.15) is 0 Å². The third-order valence-corrected chi connectivity index (χ3v) is 3.00. The van der Waals surface area contributed by atoms with Gasteiger partial charge < -0.3 is 0 Å². The quantitative estimate of drug-likeness (QED) is 0.768. The van der Waals surface area contributed by atoms with Crippen molar-refractivity contribution in [3.8, 4) is 0 Å². The fourth-order valence-electron chi connectivity index (χ4n) is 1.64. The predicted octanol–water partition coefficient (Wildman–Crippen LogP) is 0.284. The Kier molecular flexibility index (Phi) is 2.43. The number of fused-ring (bicyclic) bond motifs is 1. The molecular formula is C10H10N2O4S. The van der Waals surface area contributed by atoms with Crippen molar-refractivity contribution in [3.63, 3.8) is 0 Å². The summed E-state index contributed by atoms with van der Waals surface area (Å²) < 4.78 is 24.3. The fourth-order valence-corrected chi connectivity index (χ4v) is 2.19. The maximum Gasteiger partial charge on any atom is 0.261 e. The van der Waals surface area contributed by atoms with Crippen LogP contribution in [0.5, 0.6) is 0 Å². The fraction of sp³-hybridized carbons (Fsp3) is 0.200. The van der Waals surface area contributed by atoms with E-state index >= 15 is 0 Å². The van der Waals surface area contributed by atoms with Crippen LogP contribution >= 0.6 is 0 Å². The van der Waals surface area contributed by atoms with Crippen LogP contribution in [0.3, 0.4) is 0 Å². The highest BCUT2D eigenvalue weighted by Gasteiger charge is 2.32. The zero-order valence-corrected chi connectivity index (χ0v) is 10.0. The van der Waals surface area contributed by atoms with Crippen molar-refractivity contribution in [2.24, 2.45) is 0 Å². The van der Waals surface area contributed by atoms with Gasteiger partial charge in [-0.3, -0.25) is 19.2 Å². The Labute approximate surface area is 98.3 Å². The molecule has 1 aromatic rings. The SMILES string of the molecule is CN1C(=O)c2ccc(NS(C)(=O)=O)cc2C1=O. The van der Waals surface area contributed by atoms with Crippen molar-refractivity contribution in [1.29, 1.82) is 0 Å². The molecule has 6 nitrogen and oxygen atoms in total. The average molecular weight is 254 g/mol. The van der Waals surface area contributed by atoms with Crippen LogP contribution in [-0.2, 0) is 10.0 Å². The second-order valence-corrected chi connectivity index (χ2v) is 5.55. The number of rotatable bonds is 2. The molecule has 90 valence electrons. The van der Waals surface area contributed by atoms with Crippen molar-refractivity contribution < 1.29 is 18.0 Å². The molecule has 1 aliphatic heterocycles. The van der Waals surface area contributed by atoms with E-state index in [0.29, 0.717) is 0 Å². The summed E-state index contributed by atoms with van der Waals surface area (Å²) >= 11 is 0. The number of hydrogen-bond acceptors (Lipinski definition) is 4. The van der Waals surface area contributed by atoms with Crippen LogP contribution < -0.4 is 4.72 Å². The van der Waals surface area contributed by atoms with Crippen LogP contribution in [0.2, 0.25) is 0 Å². The summed E-state index contributed by atoms with van der Waals surface area (Å²) in [7, 11) is -2.02. The van der Waals surface area contributed by atoms with Crippen LogP contribution in [0.4, 0.5) is 5.69 Å². The first-order valence-electron chi connectivity index (χ1n) is 4.74. The van der Waals surface area contributed by atoms with Crippen LogP contribution in [0.25, 0.3) is 0 Å². The number of carbonyl (C=O) groups is 2. The largest absolute Gasteiger partial charge is 0.284 e. The van der Waals surface area contributed by atoms with Crippen LogP contribution in [0, 0.1) is 0 Å². The van der Waals surface area contributed by atoms with E-state index in [9.17, 15) is 18.0 Å². The van der Waals surface area contributed by atoms with Gasteiger partial charge in [0.2, 0.25) is 10.0 Å². The van der Waals surface area contributed by atoms with Crippen LogP contribution in [-0.4, -0.2) is 38.4 Å². The molecule has 0 saturated carbocycles. The summed E-state index contributed by atoms with van der Waals surface area (Å²) in [6.45, 7) is 0. The smallest absolute Gasteiger partial charge is 0.261 e. The van der Waals surface area contributed by atoms with E-state index in [1.165, 1.54) is 25.2 Å². The molecular weight excluding hydrogens is 244 g/mol. The lowest BCUT2D eigenvalue weighted by Gasteiger charge is -2.04. The maximum atomic E-state index is 11.7. The Balaban J connectivity index is 2.47. The molecule has 2 rings (SSSR count). The number of carbonyl (C=O) groups excluding carboxylic acids is 2. The predicted molar refractivity (Wildman–Crippen MR) is 61.3 cm³/mol. The van der Waals surface area contributed by atoms with Crippen molar-refractivity contribution in [2.45, 2.75) is 0 Å². The van der Waals surface area contributed by atoms with Gasteiger partial charge in [0, 0.05) is 12.7 Å². The molecule has 0 radical (unpaired) electrons. The first-order valence-corrected chi connectivity index (χ1v) is 6.63. The Morgan fingerprint density at radius 3 is 2.29 bits per heavy atom. The van der Waals surface area contributed by atoms with Gasteiger partial charge in [-0.1, -0.05) is 0 Å². The van der Waals surface area contributed by atoms with E-state index in [1.54, 1.807) is 0 Å². The minimum absolute atomic E-state index is 0.214. The molecule has 0 aliphatic carbocycles. The zero-order valence-electron chi connectivity index (χ0n) is 9.22. The van der Waals surface area contributed by atoms with Gasteiger partial charge in [-0.05, 0) is 18.2 Å². The standard InChI is InChI=1S/C10H10N2O4S/c1-12-9(13)7-4-3-6(11-17(2,15)16)5-8(7)10(12)14/h3-5,11H,1-2H3. The first-order chi connectivity index (χ1) is 7.79. The number of nitrogens with zero attached hydrogens (tertiary/aromatic N) is 1. The molecule has 1 heterocycles. The number of benzene rings is 1. The number of amides is 2. The topological polar surface area (TPSA) is 83.6 Å². The Morgan fingerprint density at radius 1 is 1.12 bits per heavy atom. The van der Waals surface area contributed by atoms with Crippen LogP contribution in [0.1, 0.15) is 20.7 Å². The summed E-state index contributed by atoms with van der Waals surface area (Å²) in [5, 5.41) is 0. The molecule has 0 bridgehead atoms. The van der Waals surface area contributed by atoms with Crippen molar-refractivity contribution in [3.05, 3.63) is 29.3 Å². The lowest BCUT2D eigenvalue weighted by atomic mass is 10.1. The third kappa shape index (κ3) is 2.01. The van der Waals surface area contributed by atoms with Gasteiger partial charge >= 0.3 is 0 Å². The van der Waals surface area contributed by atoms with Gasteiger partial charge in [0.25, 0.3) is 11.8 Å². The van der Waals surface area contributed by atoms with Gasteiger partial charge in [0.15, 0.2) is 0 Å². The van der Waals surface area contributed by atoms with E-state index in [1.807, 2.05) is 0 Å². The lowest BCUT2D eigenvalue weighted by molar-refractivity contribution is 0.0693. The van der Waals surface area contributed by atoms with Gasteiger partial charge in [-0.2, -0.15) is 0 Å². The van der Waals surface area contributed by atoms with Gasteiger partial charge in [-0.25, -0.2) is 8.42 Å². The highest BCUT2D eigenvalue weighted by atomic mass is 32.2. The van der Waals surface area contributed by atoms with E-state index < -0.39 is 15.9 Å². The molecule has 0 fully saturated rings. The van der Waals surface area contributed by atoms with Crippen molar-refractivity contribution >= 4 is 27.5 Å². The highest BCUT2D eigenvalue weighted by Crippen LogP contribution is 2.24.